The first-order valence-corrected chi connectivity index (χ1v) is 5.69. The second kappa shape index (κ2) is 4.66. The first kappa shape index (κ1) is 10.5. The number of rotatable bonds is 2. The molecule has 15 heavy (non-hydrogen) atoms. The van der Waals surface area contributed by atoms with E-state index >= 15 is 0 Å². The Kier molecular flexibility index (Phi) is 3.26. The van der Waals surface area contributed by atoms with Crippen molar-refractivity contribution in [3.05, 3.63) is 12.0 Å². The predicted octanol–water partition coefficient (Wildman–Crippen LogP) is 1.76. The molecule has 0 radical (unpaired) electrons. The Labute approximate surface area is 90.5 Å². The molecule has 1 unspecified atom stereocenters. The zero-order valence-corrected chi connectivity index (χ0v) is 9.28. The Morgan fingerprint density at radius 3 is 3.13 bits per heavy atom. The van der Waals surface area contributed by atoms with Crippen molar-refractivity contribution in [1.82, 2.24) is 4.98 Å². The zero-order valence-electron chi connectivity index (χ0n) is 9.28. The summed E-state index contributed by atoms with van der Waals surface area (Å²) in [7, 11) is 0. The maximum absolute atomic E-state index is 5.50. The Bertz CT molecular complexity index is 311. The topological polar surface area (TPSA) is 55.3 Å². The molecule has 1 aromatic heterocycles. The van der Waals surface area contributed by atoms with Gasteiger partial charge in [-0.25, -0.2) is 0 Å². The van der Waals surface area contributed by atoms with Gasteiger partial charge in [0.25, 0.3) is 6.01 Å². The molecule has 4 heteroatoms. The average molecular weight is 209 g/mol. The van der Waals surface area contributed by atoms with Crippen molar-refractivity contribution in [1.29, 1.82) is 0 Å². The summed E-state index contributed by atoms with van der Waals surface area (Å²) >= 11 is 0. The summed E-state index contributed by atoms with van der Waals surface area (Å²) in [5.41, 5.74) is 6.34. The largest absolute Gasteiger partial charge is 0.432 e. The van der Waals surface area contributed by atoms with Crippen molar-refractivity contribution in [2.75, 3.05) is 18.0 Å². The molecule has 0 aromatic carbocycles. The van der Waals surface area contributed by atoms with Gasteiger partial charge in [0.2, 0.25) is 0 Å². The summed E-state index contributed by atoms with van der Waals surface area (Å²) < 4.78 is 5.42. The minimum Gasteiger partial charge on any atom is -0.432 e. The number of aromatic nitrogens is 1. The van der Waals surface area contributed by atoms with Crippen LogP contribution in [0.3, 0.4) is 0 Å². The molecule has 2 rings (SSSR count). The van der Waals surface area contributed by atoms with Gasteiger partial charge in [0, 0.05) is 19.6 Å². The third kappa shape index (κ3) is 2.50. The molecular formula is C11H19N3O. The smallest absolute Gasteiger partial charge is 0.297 e. The van der Waals surface area contributed by atoms with E-state index in [1.54, 1.807) is 6.26 Å². The molecule has 0 spiro atoms. The number of anilines is 1. The van der Waals surface area contributed by atoms with Gasteiger partial charge in [0.1, 0.15) is 6.26 Å². The lowest BCUT2D eigenvalue weighted by Crippen LogP contribution is -2.24. The van der Waals surface area contributed by atoms with Gasteiger partial charge in [-0.3, -0.25) is 0 Å². The molecule has 4 nitrogen and oxygen atoms in total. The average Bonchev–Trinajstić information content (AvgIpc) is 2.62. The lowest BCUT2D eigenvalue weighted by molar-refractivity contribution is 0.514. The number of nitrogens with zero attached hydrogens (tertiary/aromatic N) is 2. The van der Waals surface area contributed by atoms with E-state index in [0.29, 0.717) is 6.54 Å². The lowest BCUT2D eigenvalue weighted by atomic mass is 10.0. The maximum Gasteiger partial charge on any atom is 0.297 e. The van der Waals surface area contributed by atoms with E-state index in [2.05, 4.69) is 16.8 Å². The van der Waals surface area contributed by atoms with Gasteiger partial charge < -0.3 is 15.1 Å². The fourth-order valence-corrected chi connectivity index (χ4v) is 1.99. The zero-order chi connectivity index (χ0) is 10.7. The molecule has 0 amide bonds. The minimum atomic E-state index is 0.452. The molecule has 2 heterocycles. The highest BCUT2D eigenvalue weighted by molar-refractivity contribution is 5.27. The van der Waals surface area contributed by atoms with Gasteiger partial charge in [-0.2, -0.15) is 4.98 Å². The van der Waals surface area contributed by atoms with Crippen LogP contribution in [0.15, 0.2) is 10.7 Å². The molecule has 0 bridgehead atoms. The number of hydrogen-bond donors (Lipinski definition) is 1. The Balaban J connectivity index is 2.03. The third-order valence-corrected chi connectivity index (χ3v) is 3.04. The Morgan fingerprint density at radius 1 is 1.53 bits per heavy atom. The number of nitrogens with two attached hydrogens (primary N) is 1. The van der Waals surface area contributed by atoms with Crippen LogP contribution in [0, 0.1) is 5.92 Å². The van der Waals surface area contributed by atoms with Crippen LogP contribution in [0.1, 0.15) is 31.9 Å². The van der Waals surface area contributed by atoms with Gasteiger partial charge in [-0.15, -0.1) is 0 Å². The van der Waals surface area contributed by atoms with E-state index < -0.39 is 0 Å². The summed E-state index contributed by atoms with van der Waals surface area (Å²) in [5, 5.41) is 0. The summed E-state index contributed by atoms with van der Waals surface area (Å²) in [5.74, 6) is 0.818. The van der Waals surface area contributed by atoms with Crippen molar-refractivity contribution in [3.8, 4) is 0 Å². The molecule has 1 atom stereocenters. The van der Waals surface area contributed by atoms with E-state index in [4.69, 9.17) is 10.2 Å². The van der Waals surface area contributed by atoms with Crippen molar-refractivity contribution >= 4 is 6.01 Å². The second-order valence-electron chi connectivity index (χ2n) is 4.35. The summed E-state index contributed by atoms with van der Waals surface area (Å²) in [6.07, 6.45) is 5.41. The molecule has 0 aliphatic carbocycles. The first-order chi connectivity index (χ1) is 7.29. The normalized spacial score (nSPS) is 22.8. The van der Waals surface area contributed by atoms with Crippen LogP contribution in [-0.2, 0) is 6.54 Å². The van der Waals surface area contributed by atoms with Crippen molar-refractivity contribution in [2.45, 2.75) is 32.7 Å². The van der Waals surface area contributed by atoms with Crippen LogP contribution < -0.4 is 10.6 Å². The maximum atomic E-state index is 5.50. The first-order valence-electron chi connectivity index (χ1n) is 5.69. The van der Waals surface area contributed by atoms with Crippen LogP contribution in [0.5, 0.6) is 0 Å². The van der Waals surface area contributed by atoms with Crippen LogP contribution in [0.25, 0.3) is 0 Å². The molecule has 0 saturated carbocycles. The van der Waals surface area contributed by atoms with E-state index in [-0.39, 0.29) is 0 Å². The van der Waals surface area contributed by atoms with Crippen LogP contribution >= 0.6 is 0 Å². The number of hydrogen-bond acceptors (Lipinski definition) is 4. The molecule has 1 aliphatic heterocycles. The van der Waals surface area contributed by atoms with Crippen LogP contribution in [0.2, 0.25) is 0 Å². The Morgan fingerprint density at radius 2 is 2.40 bits per heavy atom. The summed E-state index contributed by atoms with van der Waals surface area (Å²) in [6.45, 7) is 4.86. The minimum absolute atomic E-state index is 0.452. The molecule has 1 saturated heterocycles. The molecule has 1 aromatic rings. The lowest BCUT2D eigenvalue weighted by Gasteiger charge is -2.17. The van der Waals surface area contributed by atoms with Gasteiger partial charge >= 0.3 is 0 Å². The van der Waals surface area contributed by atoms with E-state index in [1.807, 2.05) is 0 Å². The third-order valence-electron chi connectivity index (χ3n) is 3.04. The molecule has 1 fully saturated rings. The van der Waals surface area contributed by atoms with Crippen molar-refractivity contribution in [3.63, 3.8) is 0 Å². The van der Waals surface area contributed by atoms with Gasteiger partial charge in [-0.05, 0) is 25.2 Å². The fraction of sp³-hybridized carbons (Fsp3) is 0.727. The highest BCUT2D eigenvalue weighted by Gasteiger charge is 2.17. The van der Waals surface area contributed by atoms with Crippen LogP contribution in [-0.4, -0.2) is 18.1 Å². The molecule has 2 N–H and O–H groups in total. The van der Waals surface area contributed by atoms with Gasteiger partial charge in [-0.1, -0.05) is 6.92 Å². The highest BCUT2D eigenvalue weighted by atomic mass is 16.4. The van der Waals surface area contributed by atoms with Gasteiger partial charge in [0.05, 0.1) is 5.69 Å². The second-order valence-corrected chi connectivity index (χ2v) is 4.35. The summed E-state index contributed by atoms with van der Waals surface area (Å²) in [4.78, 5) is 6.58. The predicted molar refractivity (Wildman–Crippen MR) is 59.6 cm³/mol. The van der Waals surface area contributed by atoms with Gasteiger partial charge in [0.15, 0.2) is 0 Å². The molecule has 84 valence electrons. The van der Waals surface area contributed by atoms with E-state index in [0.717, 1.165) is 30.7 Å². The van der Waals surface area contributed by atoms with Crippen LogP contribution in [0.4, 0.5) is 6.01 Å². The fourth-order valence-electron chi connectivity index (χ4n) is 1.99. The standard InChI is InChI=1S/C11H19N3O/c1-9-3-2-5-14(6-4-9)11-13-10(7-12)8-15-11/h8-9H,2-7,12H2,1H3. The SMILES string of the molecule is CC1CCCN(c2nc(CN)co2)CC1. The Hall–Kier alpha value is -1.03. The number of oxazole rings is 1. The highest BCUT2D eigenvalue weighted by Crippen LogP contribution is 2.21. The van der Waals surface area contributed by atoms with E-state index in [1.165, 1.54) is 19.3 Å². The quantitative estimate of drug-likeness (QED) is 0.806. The molecular weight excluding hydrogens is 190 g/mol. The van der Waals surface area contributed by atoms with Crippen molar-refractivity contribution < 1.29 is 4.42 Å². The van der Waals surface area contributed by atoms with Crippen molar-refractivity contribution in [2.24, 2.45) is 11.7 Å². The monoisotopic (exact) mass is 209 g/mol. The summed E-state index contributed by atoms with van der Waals surface area (Å²) in [6, 6.07) is 0.740. The molecule has 1 aliphatic rings. The van der Waals surface area contributed by atoms with E-state index in [9.17, 15) is 0 Å².